The van der Waals surface area contributed by atoms with E-state index in [0.29, 0.717) is 71.8 Å². The normalized spacial score (nSPS) is 22.6. The van der Waals surface area contributed by atoms with Gasteiger partial charge in [0.15, 0.2) is 5.69 Å². The van der Waals surface area contributed by atoms with E-state index in [1.165, 1.54) is 11.6 Å². The summed E-state index contributed by atoms with van der Waals surface area (Å²) in [6.45, 7) is 10.8. The lowest BCUT2D eigenvalue weighted by atomic mass is 9.85. The molecule has 3 saturated heterocycles. The molecule has 8 nitrogen and oxygen atoms in total. The van der Waals surface area contributed by atoms with Gasteiger partial charge in [-0.15, -0.1) is 0 Å². The zero-order chi connectivity index (χ0) is 26.4. The Balaban J connectivity index is 1.33. The molecule has 1 aromatic rings. The van der Waals surface area contributed by atoms with Gasteiger partial charge in [0.1, 0.15) is 17.5 Å². The Morgan fingerprint density at radius 3 is 2.41 bits per heavy atom. The third-order valence-electron chi connectivity index (χ3n) is 8.25. The van der Waals surface area contributed by atoms with Gasteiger partial charge in [-0.3, -0.25) is 9.69 Å². The zero-order valence-corrected chi connectivity index (χ0v) is 20.9. The maximum Gasteiger partial charge on any atom is 0.434 e. The van der Waals surface area contributed by atoms with Crippen LogP contribution in [0.15, 0.2) is 30.4 Å². The van der Waals surface area contributed by atoms with Crippen LogP contribution in [0, 0.1) is 11.3 Å². The average molecular weight is 517 g/mol. The number of nitrogens with zero attached hydrogens (tertiary/aromatic N) is 6. The maximum atomic E-state index is 14.0. The summed E-state index contributed by atoms with van der Waals surface area (Å²) < 4.78 is 48.0. The highest BCUT2D eigenvalue weighted by molar-refractivity contribution is 5.87. The fourth-order valence-corrected chi connectivity index (χ4v) is 5.83. The third kappa shape index (κ3) is 4.68. The number of piperidine rings is 1. The second-order valence-corrected chi connectivity index (χ2v) is 10.1. The lowest BCUT2D eigenvalue weighted by Crippen LogP contribution is -2.63. The van der Waals surface area contributed by atoms with Crippen molar-refractivity contribution in [3.63, 3.8) is 0 Å². The van der Waals surface area contributed by atoms with Gasteiger partial charge in [0.2, 0.25) is 5.91 Å². The van der Waals surface area contributed by atoms with Crippen molar-refractivity contribution in [2.45, 2.75) is 37.6 Å². The van der Waals surface area contributed by atoms with Crippen LogP contribution in [0.3, 0.4) is 0 Å². The number of nitriles is 1. The molecule has 37 heavy (non-hydrogen) atoms. The summed E-state index contributed by atoms with van der Waals surface area (Å²) >= 11 is 0. The Morgan fingerprint density at radius 2 is 1.86 bits per heavy atom. The Kier molecular flexibility index (Phi) is 6.66. The number of carbonyl (C=O) groups excluding carboxylic acids is 1. The number of halogens is 3. The fourth-order valence-electron chi connectivity index (χ4n) is 5.83. The predicted molar refractivity (Wildman–Crippen MR) is 132 cm³/mol. The Morgan fingerprint density at radius 1 is 1.19 bits per heavy atom. The highest BCUT2D eigenvalue weighted by atomic mass is 19.4. The molecule has 0 aliphatic carbocycles. The minimum Gasteiger partial charge on any atom is -0.367 e. The quantitative estimate of drug-likeness (QED) is 0.450. The van der Waals surface area contributed by atoms with E-state index in [1.54, 1.807) is 17.0 Å². The van der Waals surface area contributed by atoms with E-state index < -0.39 is 17.4 Å². The molecule has 1 spiro atoms. The number of aromatic nitrogens is 1. The fraction of sp³-hybridized carbons (Fsp3) is 0.577. The first-order chi connectivity index (χ1) is 17.6. The summed E-state index contributed by atoms with van der Waals surface area (Å²) in [6.07, 6.45) is -0.00412. The summed E-state index contributed by atoms with van der Waals surface area (Å²) in [6, 6.07) is 3.57. The summed E-state index contributed by atoms with van der Waals surface area (Å²) in [7, 11) is 0. The summed E-state index contributed by atoms with van der Waals surface area (Å²) in [4.78, 5) is 23.5. The van der Waals surface area contributed by atoms with Crippen molar-refractivity contribution in [2.75, 3.05) is 68.8 Å². The van der Waals surface area contributed by atoms with Crippen LogP contribution in [-0.4, -0.2) is 91.3 Å². The first-order valence-electron chi connectivity index (χ1n) is 12.6. The molecule has 0 aromatic carbocycles. The van der Waals surface area contributed by atoms with E-state index in [9.17, 15) is 23.2 Å². The summed E-state index contributed by atoms with van der Waals surface area (Å²) in [5.74, 6) is 0.155. The van der Waals surface area contributed by atoms with E-state index in [1.807, 2.05) is 16.7 Å². The molecule has 0 unspecified atom stereocenters. The molecule has 0 bridgehead atoms. The molecule has 198 valence electrons. The van der Waals surface area contributed by atoms with Crippen molar-refractivity contribution < 1.29 is 22.7 Å². The number of rotatable bonds is 4. The van der Waals surface area contributed by atoms with Gasteiger partial charge in [-0.2, -0.15) is 18.4 Å². The Bertz CT molecular complexity index is 1140. The summed E-state index contributed by atoms with van der Waals surface area (Å²) in [5.41, 5.74) is -0.425. The minimum absolute atomic E-state index is 0.0909. The van der Waals surface area contributed by atoms with Gasteiger partial charge in [0, 0.05) is 64.5 Å². The third-order valence-corrected chi connectivity index (χ3v) is 8.25. The first kappa shape index (κ1) is 25.5. The van der Waals surface area contributed by atoms with Crippen LogP contribution < -0.4 is 9.80 Å². The van der Waals surface area contributed by atoms with Gasteiger partial charge < -0.3 is 19.4 Å². The van der Waals surface area contributed by atoms with Crippen molar-refractivity contribution in [2.24, 2.45) is 0 Å². The van der Waals surface area contributed by atoms with Gasteiger partial charge in [-0.05, 0) is 31.4 Å². The van der Waals surface area contributed by atoms with Crippen LogP contribution in [0.2, 0.25) is 0 Å². The molecule has 4 aliphatic heterocycles. The van der Waals surface area contributed by atoms with E-state index >= 15 is 0 Å². The number of carbonyl (C=O) groups is 1. The molecule has 1 aromatic heterocycles. The zero-order valence-electron chi connectivity index (χ0n) is 20.9. The molecular formula is C26H31F3N6O2. The second kappa shape index (κ2) is 9.65. The van der Waals surface area contributed by atoms with Crippen molar-refractivity contribution in [1.82, 2.24) is 14.8 Å². The van der Waals surface area contributed by atoms with Gasteiger partial charge in [0.05, 0.1) is 17.9 Å². The predicted octanol–water partition coefficient (Wildman–Crippen LogP) is 2.81. The smallest absolute Gasteiger partial charge is 0.367 e. The van der Waals surface area contributed by atoms with Gasteiger partial charge in [-0.25, -0.2) is 4.98 Å². The van der Waals surface area contributed by atoms with Crippen LogP contribution in [0.4, 0.5) is 24.7 Å². The largest absolute Gasteiger partial charge is 0.434 e. The molecule has 5 rings (SSSR count). The average Bonchev–Trinajstić information content (AvgIpc) is 3.21. The Labute approximate surface area is 214 Å². The number of piperazine rings is 1. The molecule has 0 saturated carbocycles. The van der Waals surface area contributed by atoms with Crippen LogP contribution >= 0.6 is 0 Å². The maximum absolute atomic E-state index is 14.0. The lowest BCUT2D eigenvalue weighted by molar-refractivity contribution is -0.141. The molecule has 11 heteroatoms. The van der Waals surface area contributed by atoms with Crippen molar-refractivity contribution in [1.29, 1.82) is 5.26 Å². The number of hydrogen-bond donors (Lipinski definition) is 0. The number of anilines is 2. The van der Waals surface area contributed by atoms with E-state index in [2.05, 4.69) is 22.5 Å². The van der Waals surface area contributed by atoms with Gasteiger partial charge >= 0.3 is 6.18 Å². The molecule has 0 N–H and O–H groups in total. The van der Waals surface area contributed by atoms with Gasteiger partial charge in [0.25, 0.3) is 0 Å². The van der Waals surface area contributed by atoms with Gasteiger partial charge in [-0.1, -0.05) is 12.7 Å². The molecular weight excluding hydrogens is 485 g/mol. The monoisotopic (exact) mass is 516 g/mol. The van der Waals surface area contributed by atoms with Crippen molar-refractivity contribution in [3.05, 3.63) is 41.6 Å². The number of hydrogen-bond acceptors (Lipinski definition) is 7. The first-order valence-corrected chi connectivity index (χ1v) is 12.6. The highest BCUT2D eigenvalue weighted by Crippen LogP contribution is 2.41. The van der Waals surface area contributed by atoms with Crippen LogP contribution in [0.1, 0.15) is 31.0 Å². The number of ether oxygens (including phenoxy) is 1. The van der Waals surface area contributed by atoms with E-state index in [4.69, 9.17) is 4.74 Å². The Hall–Kier alpha value is -3.10. The number of pyridine rings is 1. The van der Waals surface area contributed by atoms with Crippen LogP contribution in [-0.2, 0) is 15.7 Å². The van der Waals surface area contributed by atoms with Crippen LogP contribution in [0.5, 0.6) is 0 Å². The molecule has 0 radical (unpaired) electrons. The summed E-state index contributed by atoms with van der Waals surface area (Å²) in [5, 5.41) is 9.71. The molecule has 0 atom stereocenters. The molecule has 5 heterocycles. The second-order valence-electron chi connectivity index (χ2n) is 10.1. The van der Waals surface area contributed by atoms with E-state index in [0.717, 1.165) is 0 Å². The van der Waals surface area contributed by atoms with Crippen LogP contribution in [0.25, 0.3) is 0 Å². The van der Waals surface area contributed by atoms with Crippen molar-refractivity contribution in [3.8, 4) is 6.07 Å². The standard InChI is InChI=1S/C26H31F3N6O2/c1-3-23(36)34-11-9-32(10-12-34)19-16-35(17-19)21-14-22(31-24(20(21)15-30)26(27,28)29)33-7-5-25(6-8-33)18(2)4-13-37-25/h3-4,14,19H,1,5-13,16-17H2,2H3. The van der Waals surface area contributed by atoms with Crippen molar-refractivity contribution >= 4 is 17.4 Å². The minimum atomic E-state index is -4.74. The number of amides is 1. The molecule has 4 aliphatic rings. The SMILES string of the molecule is C=CC(=O)N1CCN(C2CN(c3cc(N4CCC5(CC4)OCC=C5C)nc(C(F)(F)F)c3C#N)C2)CC1. The number of alkyl halides is 3. The molecule has 3 fully saturated rings. The molecule has 1 amide bonds. The highest BCUT2D eigenvalue weighted by Gasteiger charge is 2.43. The topological polar surface area (TPSA) is 75.9 Å². The van der Waals surface area contributed by atoms with E-state index in [-0.39, 0.29) is 29.1 Å². The lowest BCUT2D eigenvalue weighted by Gasteiger charge is -2.49.